The maximum Gasteiger partial charge on any atom is 0.199 e. The van der Waals surface area contributed by atoms with Gasteiger partial charge in [-0.05, 0) is 24.5 Å². The Labute approximate surface area is 107 Å². The molecule has 0 aromatic heterocycles. The number of carbonyl (C=O) groups is 1. The number of rotatable bonds is 4. The quantitative estimate of drug-likeness (QED) is 0.769. The van der Waals surface area contributed by atoms with Crippen LogP contribution < -0.4 is 9.47 Å². The minimum Gasteiger partial charge on any atom is -0.496 e. The summed E-state index contributed by atoms with van der Waals surface area (Å²) in [6.07, 6.45) is 0.517. The van der Waals surface area contributed by atoms with E-state index in [9.17, 15) is 4.79 Å². The Morgan fingerprint density at radius 2 is 1.89 bits per heavy atom. The number of methoxy groups -OCH3 is 2. The van der Waals surface area contributed by atoms with E-state index in [0.29, 0.717) is 23.7 Å². The van der Waals surface area contributed by atoms with Crippen molar-refractivity contribution in [2.45, 2.75) is 19.4 Å². The minimum absolute atomic E-state index is 0.0608. The van der Waals surface area contributed by atoms with Gasteiger partial charge in [0.15, 0.2) is 5.78 Å². The monoisotopic (exact) mass is 250 g/mol. The van der Waals surface area contributed by atoms with Crippen LogP contribution in [0, 0.1) is 5.92 Å². The molecule has 0 spiro atoms. The molecule has 18 heavy (non-hydrogen) atoms. The van der Waals surface area contributed by atoms with E-state index < -0.39 is 6.10 Å². The second-order valence-electron chi connectivity index (χ2n) is 4.46. The van der Waals surface area contributed by atoms with E-state index in [2.05, 4.69) is 0 Å². The Bertz CT molecular complexity index is 419. The van der Waals surface area contributed by atoms with Crippen molar-refractivity contribution in [3.05, 3.63) is 23.8 Å². The molecule has 4 heteroatoms. The molecule has 2 unspecified atom stereocenters. The van der Waals surface area contributed by atoms with E-state index in [0.717, 1.165) is 6.42 Å². The molecule has 2 atom stereocenters. The zero-order chi connectivity index (χ0) is 13.1. The summed E-state index contributed by atoms with van der Waals surface area (Å²) in [6, 6.07) is 5.32. The van der Waals surface area contributed by atoms with Crippen molar-refractivity contribution in [3.8, 4) is 11.5 Å². The van der Waals surface area contributed by atoms with Gasteiger partial charge in [-0.1, -0.05) is 13.0 Å². The average Bonchev–Trinajstić information content (AvgIpc) is 2.83. The van der Waals surface area contributed by atoms with E-state index in [1.54, 1.807) is 32.4 Å². The molecule has 1 saturated heterocycles. The molecule has 1 aliphatic rings. The lowest BCUT2D eigenvalue weighted by molar-refractivity contribution is 0.0573. The van der Waals surface area contributed by atoms with E-state index in [-0.39, 0.29) is 11.7 Å². The van der Waals surface area contributed by atoms with Crippen molar-refractivity contribution < 1.29 is 19.0 Å². The number of hydrogen-bond donors (Lipinski definition) is 0. The Kier molecular flexibility index (Phi) is 3.87. The van der Waals surface area contributed by atoms with Crippen LogP contribution >= 0.6 is 0 Å². The van der Waals surface area contributed by atoms with Crippen molar-refractivity contribution in [2.75, 3.05) is 20.8 Å². The summed E-state index contributed by atoms with van der Waals surface area (Å²) < 4.78 is 16.0. The highest BCUT2D eigenvalue weighted by Crippen LogP contribution is 2.33. The highest BCUT2D eigenvalue weighted by atomic mass is 16.5. The van der Waals surface area contributed by atoms with Crippen LogP contribution in [0.2, 0.25) is 0 Å². The highest BCUT2D eigenvalue weighted by Gasteiger charge is 2.34. The number of carbonyl (C=O) groups excluding carboxylic acids is 1. The van der Waals surface area contributed by atoms with Crippen molar-refractivity contribution >= 4 is 5.78 Å². The lowest BCUT2D eigenvalue weighted by Gasteiger charge is -2.17. The molecular weight excluding hydrogens is 232 g/mol. The van der Waals surface area contributed by atoms with Crippen LogP contribution in [0.4, 0.5) is 0 Å². The van der Waals surface area contributed by atoms with Gasteiger partial charge >= 0.3 is 0 Å². The smallest absolute Gasteiger partial charge is 0.199 e. The lowest BCUT2D eigenvalue weighted by Crippen LogP contribution is -2.26. The van der Waals surface area contributed by atoms with Crippen molar-refractivity contribution in [3.63, 3.8) is 0 Å². The van der Waals surface area contributed by atoms with E-state index in [4.69, 9.17) is 14.2 Å². The highest BCUT2D eigenvalue weighted by molar-refractivity contribution is 6.04. The third kappa shape index (κ3) is 2.20. The van der Waals surface area contributed by atoms with Gasteiger partial charge in [-0.15, -0.1) is 0 Å². The topological polar surface area (TPSA) is 44.8 Å². The van der Waals surface area contributed by atoms with Crippen LogP contribution in [-0.4, -0.2) is 32.7 Å². The fourth-order valence-corrected chi connectivity index (χ4v) is 2.27. The number of hydrogen-bond acceptors (Lipinski definition) is 4. The Morgan fingerprint density at radius 1 is 1.28 bits per heavy atom. The second kappa shape index (κ2) is 5.40. The Morgan fingerprint density at radius 3 is 2.33 bits per heavy atom. The molecule has 0 radical (unpaired) electrons. The standard InChI is InChI=1S/C14H18O4/c1-9-7-8-18-14(9)13(15)12-10(16-2)5-4-6-11(12)17-3/h4-6,9,14H,7-8H2,1-3H3. The molecule has 1 aliphatic heterocycles. The predicted octanol–water partition coefficient (Wildman–Crippen LogP) is 2.31. The summed E-state index contributed by atoms with van der Waals surface area (Å²) in [5.41, 5.74) is 0.473. The number of Topliss-reactive ketones (excluding diaryl/α,β-unsaturated/α-hetero) is 1. The van der Waals surface area contributed by atoms with E-state index in [1.165, 1.54) is 0 Å². The Balaban J connectivity index is 2.39. The molecular formula is C14H18O4. The Hall–Kier alpha value is -1.55. The molecule has 0 bridgehead atoms. The van der Waals surface area contributed by atoms with Gasteiger partial charge in [-0.2, -0.15) is 0 Å². The molecule has 0 aliphatic carbocycles. The summed E-state index contributed by atoms with van der Waals surface area (Å²) in [7, 11) is 3.09. The van der Waals surface area contributed by atoms with E-state index in [1.807, 2.05) is 6.92 Å². The normalized spacial score (nSPS) is 22.8. The van der Waals surface area contributed by atoms with Gasteiger partial charge in [-0.25, -0.2) is 0 Å². The van der Waals surface area contributed by atoms with Gasteiger partial charge in [0, 0.05) is 6.61 Å². The van der Waals surface area contributed by atoms with Crippen LogP contribution in [0.5, 0.6) is 11.5 Å². The van der Waals surface area contributed by atoms with Crippen molar-refractivity contribution in [1.82, 2.24) is 0 Å². The van der Waals surface area contributed by atoms with Crippen LogP contribution in [0.15, 0.2) is 18.2 Å². The van der Waals surface area contributed by atoms with Crippen LogP contribution in [-0.2, 0) is 4.74 Å². The summed E-state index contributed by atoms with van der Waals surface area (Å²) in [5, 5.41) is 0. The fraction of sp³-hybridized carbons (Fsp3) is 0.500. The van der Waals surface area contributed by atoms with Crippen LogP contribution in [0.1, 0.15) is 23.7 Å². The first-order valence-electron chi connectivity index (χ1n) is 6.05. The van der Waals surface area contributed by atoms with Gasteiger partial charge < -0.3 is 14.2 Å². The average molecular weight is 250 g/mol. The zero-order valence-electron chi connectivity index (χ0n) is 10.9. The first-order chi connectivity index (χ1) is 8.69. The zero-order valence-corrected chi connectivity index (χ0v) is 10.9. The molecule has 1 aromatic carbocycles. The van der Waals surface area contributed by atoms with Crippen LogP contribution in [0.25, 0.3) is 0 Å². The number of benzene rings is 1. The molecule has 0 saturated carbocycles. The van der Waals surface area contributed by atoms with Gasteiger partial charge in [-0.3, -0.25) is 4.79 Å². The first kappa shape index (κ1) is 12.9. The SMILES string of the molecule is COc1cccc(OC)c1C(=O)C1OCCC1C. The van der Waals surface area contributed by atoms with Crippen molar-refractivity contribution in [2.24, 2.45) is 5.92 Å². The largest absolute Gasteiger partial charge is 0.496 e. The first-order valence-corrected chi connectivity index (χ1v) is 6.05. The molecule has 1 fully saturated rings. The summed E-state index contributed by atoms with van der Waals surface area (Å²) in [6.45, 7) is 2.66. The fourth-order valence-electron chi connectivity index (χ4n) is 2.27. The third-order valence-electron chi connectivity index (χ3n) is 3.32. The molecule has 1 aromatic rings. The lowest BCUT2D eigenvalue weighted by atomic mass is 9.95. The maximum absolute atomic E-state index is 12.5. The predicted molar refractivity (Wildman–Crippen MR) is 67.4 cm³/mol. The molecule has 0 N–H and O–H groups in total. The number of ketones is 1. The minimum atomic E-state index is -0.393. The summed E-state index contributed by atoms with van der Waals surface area (Å²) in [4.78, 5) is 12.5. The van der Waals surface area contributed by atoms with Gasteiger partial charge in [0.05, 0.1) is 14.2 Å². The maximum atomic E-state index is 12.5. The molecule has 0 amide bonds. The van der Waals surface area contributed by atoms with Gasteiger partial charge in [0.25, 0.3) is 0 Å². The van der Waals surface area contributed by atoms with Crippen LogP contribution in [0.3, 0.4) is 0 Å². The molecule has 1 heterocycles. The number of ether oxygens (including phenoxy) is 3. The molecule has 4 nitrogen and oxygen atoms in total. The van der Waals surface area contributed by atoms with E-state index >= 15 is 0 Å². The molecule has 2 rings (SSSR count). The summed E-state index contributed by atoms with van der Waals surface area (Å²) >= 11 is 0. The summed E-state index contributed by atoms with van der Waals surface area (Å²) in [5.74, 6) is 1.23. The third-order valence-corrected chi connectivity index (χ3v) is 3.32. The second-order valence-corrected chi connectivity index (χ2v) is 4.46. The molecule has 98 valence electrons. The van der Waals surface area contributed by atoms with Gasteiger partial charge in [0.2, 0.25) is 0 Å². The van der Waals surface area contributed by atoms with Gasteiger partial charge in [0.1, 0.15) is 23.2 Å². The van der Waals surface area contributed by atoms with Crippen molar-refractivity contribution in [1.29, 1.82) is 0 Å².